The van der Waals surface area contributed by atoms with E-state index in [4.69, 9.17) is 4.74 Å². The third-order valence-corrected chi connectivity index (χ3v) is 6.24. The van der Waals surface area contributed by atoms with Crippen molar-refractivity contribution in [1.82, 2.24) is 34.7 Å². The number of tetrazole rings is 1. The molecular weight excluding hydrogens is 454 g/mol. The third-order valence-electron chi connectivity index (χ3n) is 6.24. The Morgan fingerprint density at radius 3 is 2.61 bits per heavy atom. The second-order valence-corrected chi connectivity index (χ2v) is 8.49. The number of nitrogens with one attached hydrogen (secondary N) is 1. The van der Waals surface area contributed by atoms with Crippen molar-refractivity contribution < 1.29 is 4.74 Å². The summed E-state index contributed by atoms with van der Waals surface area (Å²) < 4.78 is 9.12. The molecule has 0 aliphatic rings. The molecule has 0 aliphatic heterocycles. The Labute approximate surface area is 208 Å². The minimum atomic E-state index is -0.0880. The summed E-state index contributed by atoms with van der Waals surface area (Å²) in [6.07, 6.45) is 7.24. The molecule has 0 spiro atoms. The van der Waals surface area contributed by atoms with E-state index in [1.54, 1.807) is 22.4 Å². The molecule has 0 radical (unpaired) electrons. The van der Waals surface area contributed by atoms with Crippen LogP contribution in [0.5, 0.6) is 5.75 Å². The lowest BCUT2D eigenvalue weighted by Crippen LogP contribution is -2.28. The number of benzene rings is 2. The van der Waals surface area contributed by atoms with Crippen molar-refractivity contribution in [3.05, 3.63) is 101 Å². The molecule has 5 rings (SSSR count). The summed E-state index contributed by atoms with van der Waals surface area (Å²) in [5, 5.41) is 14.3. The molecule has 182 valence electrons. The molecule has 3 heterocycles. The first-order valence-electron chi connectivity index (χ1n) is 11.9. The number of aromatic amines is 1. The Hall–Kier alpha value is -4.53. The highest BCUT2D eigenvalue weighted by Crippen LogP contribution is 2.31. The number of methoxy groups -OCH3 is 1. The summed E-state index contributed by atoms with van der Waals surface area (Å²) in [6.45, 7) is 2.59. The molecule has 0 fully saturated rings. The van der Waals surface area contributed by atoms with E-state index in [1.807, 2.05) is 73.1 Å². The van der Waals surface area contributed by atoms with E-state index in [1.165, 1.54) is 0 Å². The number of H-pyrrole nitrogens is 1. The fourth-order valence-electron chi connectivity index (χ4n) is 4.50. The second-order valence-electron chi connectivity index (χ2n) is 8.49. The standard InChI is InChI=1S/C27H27N7O2/c1-3-7-23(21-8-4-5-10-24(21)36-2)34-17-16-33(27(34)35)18-19-11-13-20(14-12-19)25-22(9-6-15-28-25)26-29-31-32-30-26/h4-6,8-17,23H,3,7,18H2,1-2H3,(H,29,30,31,32). The Kier molecular flexibility index (Phi) is 6.70. The summed E-state index contributed by atoms with van der Waals surface area (Å²) in [6, 6.07) is 19.6. The largest absolute Gasteiger partial charge is 0.496 e. The molecule has 0 saturated heterocycles. The molecule has 36 heavy (non-hydrogen) atoms. The highest BCUT2D eigenvalue weighted by molar-refractivity contribution is 5.76. The summed E-state index contributed by atoms with van der Waals surface area (Å²) >= 11 is 0. The Balaban J connectivity index is 1.40. The van der Waals surface area contributed by atoms with Crippen LogP contribution in [0.2, 0.25) is 0 Å². The zero-order valence-corrected chi connectivity index (χ0v) is 20.2. The van der Waals surface area contributed by atoms with Gasteiger partial charge in [0.2, 0.25) is 5.82 Å². The number of imidazole rings is 1. The first-order valence-corrected chi connectivity index (χ1v) is 11.9. The van der Waals surface area contributed by atoms with Gasteiger partial charge >= 0.3 is 5.69 Å². The maximum absolute atomic E-state index is 13.4. The van der Waals surface area contributed by atoms with Crippen molar-refractivity contribution in [2.24, 2.45) is 0 Å². The number of nitrogens with zero attached hydrogens (tertiary/aromatic N) is 6. The van der Waals surface area contributed by atoms with Crippen LogP contribution in [0.4, 0.5) is 0 Å². The molecule has 9 heteroatoms. The SMILES string of the molecule is CCCC(c1ccccc1OC)n1ccn(Cc2ccc(-c3ncccc3-c3nn[nH]n3)cc2)c1=O. The Bertz CT molecular complexity index is 1490. The van der Waals surface area contributed by atoms with E-state index < -0.39 is 0 Å². The van der Waals surface area contributed by atoms with Gasteiger partial charge in [0.05, 0.1) is 25.4 Å². The molecular formula is C27H27N7O2. The average Bonchev–Trinajstić information content (AvgIpc) is 3.59. The molecule has 3 aromatic heterocycles. The topological polar surface area (TPSA) is 104 Å². The van der Waals surface area contributed by atoms with Gasteiger partial charge in [0, 0.05) is 35.3 Å². The molecule has 5 aromatic rings. The minimum absolute atomic E-state index is 0.0486. The lowest BCUT2D eigenvalue weighted by Gasteiger charge is -2.20. The molecule has 2 aromatic carbocycles. The second kappa shape index (κ2) is 10.4. The van der Waals surface area contributed by atoms with Gasteiger partial charge in [-0.25, -0.2) is 4.79 Å². The van der Waals surface area contributed by atoms with Gasteiger partial charge in [0.1, 0.15) is 5.75 Å². The monoisotopic (exact) mass is 481 g/mol. The normalized spacial score (nSPS) is 11.9. The molecule has 1 unspecified atom stereocenters. The van der Waals surface area contributed by atoms with Crippen molar-refractivity contribution in [1.29, 1.82) is 0 Å². The van der Waals surface area contributed by atoms with Gasteiger partial charge < -0.3 is 4.74 Å². The fraction of sp³-hybridized carbons (Fsp3) is 0.222. The fourth-order valence-corrected chi connectivity index (χ4v) is 4.50. The van der Waals surface area contributed by atoms with Gasteiger partial charge in [-0.3, -0.25) is 14.1 Å². The average molecular weight is 482 g/mol. The summed E-state index contributed by atoms with van der Waals surface area (Å²) in [7, 11) is 1.66. The van der Waals surface area contributed by atoms with Gasteiger partial charge in [-0.05, 0) is 35.4 Å². The first kappa shape index (κ1) is 23.2. The first-order chi connectivity index (χ1) is 17.7. The van der Waals surface area contributed by atoms with Gasteiger partial charge in [0.15, 0.2) is 0 Å². The van der Waals surface area contributed by atoms with E-state index in [0.717, 1.165) is 46.5 Å². The number of para-hydroxylation sites is 1. The molecule has 0 aliphatic carbocycles. The van der Waals surface area contributed by atoms with Gasteiger partial charge in [0.25, 0.3) is 0 Å². The number of pyridine rings is 1. The van der Waals surface area contributed by atoms with Crippen LogP contribution in [0.25, 0.3) is 22.6 Å². The summed E-state index contributed by atoms with van der Waals surface area (Å²) in [5.74, 6) is 1.28. The van der Waals surface area contributed by atoms with E-state index in [-0.39, 0.29) is 11.7 Å². The van der Waals surface area contributed by atoms with Gasteiger partial charge in [-0.15, -0.1) is 10.2 Å². The zero-order chi connectivity index (χ0) is 24.9. The van der Waals surface area contributed by atoms with Crippen LogP contribution in [0, 0.1) is 0 Å². The molecule has 0 bridgehead atoms. The van der Waals surface area contributed by atoms with Crippen molar-refractivity contribution >= 4 is 0 Å². The highest BCUT2D eigenvalue weighted by atomic mass is 16.5. The molecule has 1 N–H and O–H groups in total. The smallest absolute Gasteiger partial charge is 0.329 e. The number of hydrogen-bond donors (Lipinski definition) is 1. The zero-order valence-electron chi connectivity index (χ0n) is 20.2. The maximum Gasteiger partial charge on any atom is 0.329 e. The Morgan fingerprint density at radius 1 is 1.03 bits per heavy atom. The van der Waals surface area contributed by atoms with Crippen molar-refractivity contribution in [2.45, 2.75) is 32.4 Å². The molecule has 1 atom stereocenters. The van der Waals surface area contributed by atoms with Gasteiger partial charge in [-0.1, -0.05) is 55.8 Å². The van der Waals surface area contributed by atoms with Crippen molar-refractivity contribution in [2.75, 3.05) is 7.11 Å². The van der Waals surface area contributed by atoms with Crippen LogP contribution in [0.1, 0.15) is 36.9 Å². The minimum Gasteiger partial charge on any atom is -0.496 e. The Morgan fingerprint density at radius 2 is 1.86 bits per heavy atom. The van der Waals surface area contributed by atoms with E-state index in [2.05, 4.69) is 32.5 Å². The lowest BCUT2D eigenvalue weighted by atomic mass is 10.0. The number of aromatic nitrogens is 7. The predicted molar refractivity (Wildman–Crippen MR) is 137 cm³/mol. The van der Waals surface area contributed by atoms with Crippen LogP contribution in [-0.4, -0.2) is 41.9 Å². The maximum atomic E-state index is 13.4. The quantitative estimate of drug-likeness (QED) is 0.336. The van der Waals surface area contributed by atoms with Crippen LogP contribution in [0.3, 0.4) is 0 Å². The molecule has 0 saturated carbocycles. The predicted octanol–water partition coefficient (Wildman–Crippen LogP) is 4.34. The molecule has 0 amide bonds. The van der Waals surface area contributed by atoms with E-state index in [9.17, 15) is 4.79 Å². The number of hydrogen-bond acceptors (Lipinski definition) is 6. The van der Waals surface area contributed by atoms with Crippen LogP contribution >= 0.6 is 0 Å². The summed E-state index contributed by atoms with van der Waals surface area (Å²) in [4.78, 5) is 17.9. The summed E-state index contributed by atoms with van der Waals surface area (Å²) in [5.41, 5.74) is 4.48. The lowest BCUT2D eigenvalue weighted by molar-refractivity contribution is 0.395. The van der Waals surface area contributed by atoms with Crippen molar-refractivity contribution in [3.8, 4) is 28.4 Å². The number of ether oxygens (including phenoxy) is 1. The highest BCUT2D eigenvalue weighted by Gasteiger charge is 2.20. The number of rotatable bonds is 9. The van der Waals surface area contributed by atoms with E-state index in [0.29, 0.717) is 12.4 Å². The van der Waals surface area contributed by atoms with Crippen LogP contribution in [-0.2, 0) is 6.54 Å². The van der Waals surface area contributed by atoms with Gasteiger partial charge in [-0.2, -0.15) is 5.21 Å². The van der Waals surface area contributed by atoms with E-state index >= 15 is 0 Å². The van der Waals surface area contributed by atoms with Crippen molar-refractivity contribution in [3.63, 3.8) is 0 Å². The molecule has 9 nitrogen and oxygen atoms in total. The van der Waals surface area contributed by atoms with Crippen LogP contribution < -0.4 is 10.4 Å². The van der Waals surface area contributed by atoms with Crippen LogP contribution in [0.15, 0.2) is 84.0 Å². The third kappa shape index (κ3) is 4.55.